The zero-order valence-corrected chi connectivity index (χ0v) is 11.5. The molecule has 1 aromatic heterocycles. The van der Waals surface area contributed by atoms with Gasteiger partial charge in [0.05, 0.1) is 29.5 Å². The van der Waals surface area contributed by atoms with Gasteiger partial charge in [0, 0.05) is 11.8 Å². The Balaban J connectivity index is 1.76. The Kier molecular flexibility index (Phi) is 3.57. The summed E-state index contributed by atoms with van der Waals surface area (Å²) in [6.07, 6.45) is 1.68. The number of aromatic nitrogens is 2. The van der Waals surface area contributed by atoms with Gasteiger partial charge in [0.15, 0.2) is 0 Å². The van der Waals surface area contributed by atoms with Gasteiger partial charge in [-0.3, -0.25) is 4.98 Å². The SMILES string of the molecule is O=C(O)c1ccc(NCc2cnc3ccccc3n2)cc1O. The number of fused-ring (bicyclic) bond motifs is 1. The standard InChI is InChI=1S/C16H13N3O3/c20-15-7-10(5-6-12(15)16(21)22)17-8-11-9-18-13-3-1-2-4-14(13)19-11/h1-7,9,17,20H,8H2,(H,21,22). The van der Waals surface area contributed by atoms with Crippen LogP contribution in [0, 0.1) is 0 Å². The Labute approximate surface area is 126 Å². The van der Waals surface area contributed by atoms with Crippen LogP contribution in [0.4, 0.5) is 5.69 Å². The predicted molar refractivity (Wildman–Crippen MR) is 81.9 cm³/mol. The van der Waals surface area contributed by atoms with Gasteiger partial charge in [-0.05, 0) is 24.3 Å². The van der Waals surface area contributed by atoms with Crippen LogP contribution in [0.25, 0.3) is 11.0 Å². The quantitative estimate of drug-likeness (QED) is 0.685. The van der Waals surface area contributed by atoms with Crippen LogP contribution in [-0.2, 0) is 6.54 Å². The number of hydrogen-bond acceptors (Lipinski definition) is 5. The lowest BCUT2D eigenvalue weighted by Gasteiger charge is -2.08. The highest BCUT2D eigenvalue weighted by molar-refractivity contribution is 5.91. The first-order valence-corrected chi connectivity index (χ1v) is 6.64. The number of rotatable bonds is 4. The number of hydrogen-bond donors (Lipinski definition) is 3. The fourth-order valence-electron chi connectivity index (χ4n) is 2.10. The minimum absolute atomic E-state index is 0.129. The van der Waals surface area contributed by atoms with E-state index >= 15 is 0 Å². The molecule has 0 fully saturated rings. The third-order valence-electron chi connectivity index (χ3n) is 3.20. The fraction of sp³-hybridized carbons (Fsp3) is 0.0625. The lowest BCUT2D eigenvalue weighted by atomic mass is 10.2. The van der Waals surface area contributed by atoms with Gasteiger partial charge < -0.3 is 15.5 Å². The Hall–Kier alpha value is -3.15. The minimum atomic E-state index is -1.16. The summed E-state index contributed by atoms with van der Waals surface area (Å²) in [6, 6.07) is 11.9. The number of aromatic carboxylic acids is 1. The van der Waals surface area contributed by atoms with E-state index in [-0.39, 0.29) is 11.3 Å². The second-order valence-corrected chi connectivity index (χ2v) is 4.74. The predicted octanol–water partition coefficient (Wildman–Crippen LogP) is 2.65. The molecular weight excluding hydrogens is 282 g/mol. The van der Waals surface area contributed by atoms with Crippen LogP contribution < -0.4 is 5.32 Å². The summed E-state index contributed by atoms with van der Waals surface area (Å²) in [5.74, 6) is -1.44. The summed E-state index contributed by atoms with van der Waals surface area (Å²) >= 11 is 0. The van der Waals surface area contributed by atoms with Gasteiger partial charge in [0.2, 0.25) is 0 Å². The molecule has 0 aliphatic heterocycles. The van der Waals surface area contributed by atoms with Crippen molar-refractivity contribution in [1.29, 1.82) is 0 Å². The molecule has 0 spiro atoms. The molecule has 0 bridgehead atoms. The molecular formula is C16H13N3O3. The lowest BCUT2D eigenvalue weighted by Crippen LogP contribution is -2.03. The van der Waals surface area contributed by atoms with E-state index in [1.165, 1.54) is 12.1 Å². The number of phenols is 1. The summed E-state index contributed by atoms with van der Waals surface area (Å²) in [5, 5.41) is 21.6. The molecule has 0 unspecified atom stereocenters. The average molecular weight is 295 g/mol. The molecule has 3 aromatic rings. The van der Waals surface area contributed by atoms with Gasteiger partial charge in [0.1, 0.15) is 11.3 Å². The first-order valence-electron chi connectivity index (χ1n) is 6.64. The number of aromatic hydroxyl groups is 1. The first kappa shape index (κ1) is 13.8. The van der Waals surface area contributed by atoms with Crippen molar-refractivity contribution in [3.8, 4) is 5.75 Å². The molecule has 0 saturated carbocycles. The van der Waals surface area contributed by atoms with Crippen molar-refractivity contribution in [3.63, 3.8) is 0 Å². The molecule has 1 heterocycles. The molecule has 22 heavy (non-hydrogen) atoms. The maximum absolute atomic E-state index is 10.8. The van der Waals surface area contributed by atoms with E-state index in [1.807, 2.05) is 24.3 Å². The van der Waals surface area contributed by atoms with E-state index < -0.39 is 5.97 Å². The van der Waals surface area contributed by atoms with Gasteiger partial charge in [-0.25, -0.2) is 9.78 Å². The highest BCUT2D eigenvalue weighted by Gasteiger charge is 2.09. The maximum atomic E-state index is 10.8. The van der Waals surface area contributed by atoms with E-state index in [9.17, 15) is 9.90 Å². The van der Waals surface area contributed by atoms with Crippen LogP contribution >= 0.6 is 0 Å². The number of nitrogens with zero attached hydrogens (tertiary/aromatic N) is 2. The van der Waals surface area contributed by atoms with Crippen molar-refractivity contribution < 1.29 is 15.0 Å². The first-order chi connectivity index (χ1) is 10.6. The molecule has 0 aliphatic rings. The van der Waals surface area contributed by atoms with Gasteiger partial charge >= 0.3 is 5.97 Å². The highest BCUT2D eigenvalue weighted by atomic mass is 16.4. The molecule has 0 amide bonds. The van der Waals surface area contributed by atoms with Crippen molar-refractivity contribution in [2.75, 3.05) is 5.32 Å². The molecule has 110 valence electrons. The van der Waals surface area contributed by atoms with Gasteiger partial charge in [-0.2, -0.15) is 0 Å². The number of para-hydroxylation sites is 2. The van der Waals surface area contributed by atoms with Crippen LogP contribution in [0.15, 0.2) is 48.7 Å². The van der Waals surface area contributed by atoms with E-state index in [2.05, 4.69) is 15.3 Å². The monoisotopic (exact) mass is 295 g/mol. The van der Waals surface area contributed by atoms with E-state index in [0.717, 1.165) is 16.7 Å². The zero-order valence-electron chi connectivity index (χ0n) is 11.5. The van der Waals surface area contributed by atoms with E-state index in [1.54, 1.807) is 12.3 Å². The molecule has 6 nitrogen and oxygen atoms in total. The third kappa shape index (κ3) is 2.80. The summed E-state index contributed by atoms with van der Waals surface area (Å²) < 4.78 is 0. The largest absolute Gasteiger partial charge is 0.507 e. The summed E-state index contributed by atoms with van der Waals surface area (Å²) in [5.41, 5.74) is 2.87. The number of anilines is 1. The summed E-state index contributed by atoms with van der Waals surface area (Å²) in [6.45, 7) is 0.420. The lowest BCUT2D eigenvalue weighted by molar-refractivity contribution is 0.0694. The van der Waals surface area contributed by atoms with Crippen LogP contribution in [0.5, 0.6) is 5.75 Å². The number of benzene rings is 2. The highest BCUT2D eigenvalue weighted by Crippen LogP contribution is 2.22. The third-order valence-corrected chi connectivity index (χ3v) is 3.20. The summed E-state index contributed by atoms with van der Waals surface area (Å²) in [7, 11) is 0. The maximum Gasteiger partial charge on any atom is 0.339 e. The van der Waals surface area contributed by atoms with Crippen molar-refractivity contribution in [1.82, 2.24) is 9.97 Å². The van der Waals surface area contributed by atoms with Crippen LogP contribution in [0.1, 0.15) is 16.1 Å². The number of carboxylic acids is 1. The topological polar surface area (TPSA) is 95.3 Å². The van der Waals surface area contributed by atoms with Crippen molar-refractivity contribution >= 4 is 22.7 Å². The molecule has 0 aliphatic carbocycles. The normalized spacial score (nSPS) is 10.5. The zero-order chi connectivity index (χ0) is 15.5. The Morgan fingerprint density at radius 3 is 2.64 bits per heavy atom. The average Bonchev–Trinajstić information content (AvgIpc) is 2.52. The van der Waals surface area contributed by atoms with Gasteiger partial charge in [0.25, 0.3) is 0 Å². The van der Waals surface area contributed by atoms with Crippen LogP contribution in [-0.4, -0.2) is 26.2 Å². The molecule has 0 saturated heterocycles. The number of carbonyl (C=O) groups is 1. The molecule has 3 rings (SSSR count). The van der Waals surface area contributed by atoms with Crippen molar-refractivity contribution in [2.45, 2.75) is 6.54 Å². The number of nitrogens with one attached hydrogen (secondary N) is 1. The van der Waals surface area contributed by atoms with Crippen LogP contribution in [0.2, 0.25) is 0 Å². The van der Waals surface area contributed by atoms with Gasteiger partial charge in [-0.1, -0.05) is 12.1 Å². The molecule has 6 heteroatoms. The van der Waals surface area contributed by atoms with Crippen molar-refractivity contribution in [3.05, 3.63) is 59.9 Å². The van der Waals surface area contributed by atoms with Crippen LogP contribution in [0.3, 0.4) is 0 Å². The molecule has 0 atom stereocenters. The summed E-state index contributed by atoms with van der Waals surface area (Å²) in [4.78, 5) is 19.6. The van der Waals surface area contributed by atoms with E-state index in [4.69, 9.17) is 5.11 Å². The Morgan fingerprint density at radius 1 is 1.14 bits per heavy atom. The van der Waals surface area contributed by atoms with Crippen molar-refractivity contribution in [2.24, 2.45) is 0 Å². The molecule has 0 radical (unpaired) electrons. The fourth-order valence-corrected chi connectivity index (χ4v) is 2.10. The van der Waals surface area contributed by atoms with Gasteiger partial charge in [-0.15, -0.1) is 0 Å². The minimum Gasteiger partial charge on any atom is -0.507 e. The number of carboxylic acid groups (broad SMARTS) is 1. The Bertz CT molecular complexity index is 849. The molecule has 3 N–H and O–H groups in total. The van der Waals surface area contributed by atoms with E-state index in [0.29, 0.717) is 12.2 Å². The Morgan fingerprint density at radius 2 is 1.91 bits per heavy atom. The molecule has 2 aromatic carbocycles. The smallest absolute Gasteiger partial charge is 0.339 e. The second-order valence-electron chi connectivity index (χ2n) is 4.74. The second kappa shape index (κ2) is 5.69.